The first kappa shape index (κ1) is 14.3. The lowest BCUT2D eigenvalue weighted by Gasteiger charge is -2.26. The smallest absolute Gasteiger partial charge is 0.157 e. The largest absolute Gasteiger partial charge is 0.298 e. The molecule has 1 aliphatic carbocycles. The zero-order chi connectivity index (χ0) is 13.8. The Hall–Kier alpha value is -1.14. The lowest BCUT2D eigenvalue weighted by atomic mass is 9.77. The number of Topliss-reactive ketones (excluding diaryl/α,β-unsaturated/α-hetero) is 1. The second kappa shape index (κ2) is 6.34. The van der Waals surface area contributed by atoms with Gasteiger partial charge in [0, 0.05) is 10.4 Å². The molecule has 2 nitrogen and oxygen atoms in total. The van der Waals surface area contributed by atoms with Crippen molar-refractivity contribution in [2.75, 3.05) is 0 Å². The summed E-state index contributed by atoms with van der Waals surface area (Å²) in [5.74, 6) is 0.277. The Morgan fingerprint density at radius 3 is 2.63 bits per heavy atom. The highest BCUT2D eigenvalue weighted by molar-refractivity contribution is 9.10. The molecule has 0 N–H and O–H groups in total. The number of hydrogen-bond donors (Lipinski definition) is 0. The molecular formula is C16H18BrNO. The maximum Gasteiger partial charge on any atom is 0.157 e. The van der Waals surface area contributed by atoms with Gasteiger partial charge >= 0.3 is 0 Å². The average molecular weight is 320 g/mol. The zero-order valence-electron chi connectivity index (χ0n) is 11.1. The van der Waals surface area contributed by atoms with Crippen molar-refractivity contribution in [2.45, 2.75) is 38.5 Å². The van der Waals surface area contributed by atoms with E-state index in [1.165, 1.54) is 0 Å². The quantitative estimate of drug-likeness (QED) is 0.825. The van der Waals surface area contributed by atoms with Gasteiger partial charge in [-0.1, -0.05) is 47.8 Å². The van der Waals surface area contributed by atoms with Crippen LogP contribution in [0.15, 0.2) is 28.7 Å². The SMILES string of the molecule is CC1CCC(C(=O)C(C#N)c2cccc(Br)c2)CC1. The summed E-state index contributed by atoms with van der Waals surface area (Å²) < 4.78 is 0.912. The molecule has 3 heteroatoms. The second-order valence-corrected chi connectivity index (χ2v) is 6.39. The number of ketones is 1. The molecule has 19 heavy (non-hydrogen) atoms. The van der Waals surface area contributed by atoms with E-state index in [9.17, 15) is 10.1 Å². The molecule has 1 aromatic rings. The van der Waals surface area contributed by atoms with E-state index in [0.29, 0.717) is 0 Å². The summed E-state index contributed by atoms with van der Waals surface area (Å²) in [4.78, 5) is 12.5. The summed E-state index contributed by atoms with van der Waals surface area (Å²) in [6.07, 6.45) is 4.08. The van der Waals surface area contributed by atoms with Gasteiger partial charge in [0.05, 0.1) is 6.07 Å². The molecule has 0 aliphatic heterocycles. The van der Waals surface area contributed by atoms with Crippen molar-refractivity contribution in [3.05, 3.63) is 34.3 Å². The standard InChI is InChI=1S/C16H18BrNO/c1-11-5-7-12(8-6-11)16(19)15(10-18)13-3-2-4-14(17)9-13/h2-4,9,11-12,15H,5-8H2,1H3. The van der Waals surface area contributed by atoms with Gasteiger partial charge in [-0.15, -0.1) is 0 Å². The van der Waals surface area contributed by atoms with Gasteiger partial charge in [-0.2, -0.15) is 5.26 Å². The van der Waals surface area contributed by atoms with Crippen LogP contribution < -0.4 is 0 Å². The summed E-state index contributed by atoms with van der Waals surface area (Å²) in [6, 6.07) is 9.70. The molecule has 100 valence electrons. The van der Waals surface area contributed by atoms with Gasteiger partial charge in [-0.05, 0) is 36.5 Å². The highest BCUT2D eigenvalue weighted by Gasteiger charge is 2.30. The van der Waals surface area contributed by atoms with Gasteiger partial charge in [-0.25, -0.2) is 0 Å². The van der Waals surface area contributed by atoms with Crippen LogP contribution in [0.2, 0.25) is 0 Å². The van der Waals surface area contributed by atoms with Crippen LogP contribution in [0.25, 0.3) is 0 Å². The number of carbonyl (C=O) groups is 1. The molecule has 1 aliphatic rings. The molecule has 0 radical (unpaired) electrons. The van der Waals surface area contributed by atoms with E-state index in [4.69, 9.17) is 0 Å². The molecular weight excluding hydrogens is 302 g/mol. The molecule has 0 bridgehead atoms. The fraction of sp³-hybridized carbons (Fsp3) is 0.500. The number of nitriles is 1. The van der Waals surface area contributed by atoms with Crippen LogP contribution in [0.3, 0.4) is 0 Å². The number of carbonyl (C=O) groups excluding carboxylic acids is 1. The van der Waals surface area contributed by atoms with Crippen molar-refractivity contribution in [2.24, 2.45) is 11.8 Å². The molecule has 1 fully saturated rings. The third-order valence-corrected chi connectivity index (χ3v) is 4.51. The Kier molecular flexibility index (Phi) is 4.76. The Balaban J connectivity index is 2.14. The zero-order valence-corrected chi connectivity index (χ0v) is 12.7. The average Bonchev–Trinajstić information content (AvgIpc) is 2.40. The minimum atomic E-state index is -0.615. The summed E-state index contributed by atoms with van der Waals surface area (Å²) in [5.41, 5.74) is 0.806. The van der Waals surface area contributed by atoms with Gasteiger partial charge in [0.15, 0.2) is 5.78 Å². The van der Waals surface area contributed by atoms with Crippen LogP contribution in [0, 0.1) is 23.2 Å². The predicted octanol–water partition coefficient (Wildman–Crippen LogP) is 4.45. The fourth-order valence-corrected chi connectivity index (χ4v) is 3.19. The molecule has 1 atom stereocenters. The molecule has 1 unspecified atom stereocenters. The maximum atomic E-state index is 12.5. The summed E-state index contributed by atoms with van der Waals surface area (Å²) in [6.45, 7) is 2.23. The van der Waals surface area contributed by atoms with Gasteiger partial charge in [0.2, 0.25) is 0 Å². The first-order chi connectivity index (χ1) is 9.11. The Labute approximate surface area is 122 Å². The van der Waals surface area contributed by atoms with Crippen molar-refractivity contribution < 1.29 is 4.79 Å². The van der Waals surface area contributed by atoms with Gasteiger partial charge in [0.1, 0.15) is 5.92 Å². The number of benzene rings is 1. The third-order valence-electron chi connectivity index (χ3n) is 4.01. The van der Waals surface area contributed by atoms with E-state index in [-0.39, 0.29) is 11.7 Å². The Morgan fingerprint density at radius 1 is 1.37 bits per heavy atom. The second-order valence-electron chi connectivity index (χ2n) is 5.48. The monoisotopic (exact) mass is 319 g/mol. The lowest BCUT2D eigenvalue weighted by Crippen LogP contribution is -2.25. The van der Waals surface area contributed by atoms with Crippen molar-refractivity contribution in [1.82, 2.24) is 0 Å². The molecule has 1 saturated carbocycles. The lowest BCUT2D eigenvalue weighted by molar-refractivity contribution is -0.124. The normalized spacial score (nSPS) is 24.5. The minimum absolute atomic E-state index is 0.0693. The maximum absolute atomic E-state index is 12.5. The third kappa shape index (κ3) is 3.45. The van der Waals surface area contributed by atoms with E-state index >= 15 is 0 Å². The van der Waals surface area contributed by atoms with E-state index < -0.39 is 5.92 Å². The van der Waals surface area contributed by atoms with Crippen LogP contribution in [-0.4, -0.2) is 5.78 Å². The van der Waals surface area contributed by atoms with E-state index in [1.54, 1.807) is 0 Å². The van der Waals surface area contributed by atoms with Gasteiger partial charge in [0.25, 0.3) is 0 Å². The summed E-state index contributed by atoms with van der Waals surface area (Å²) in [5, 5.41) is 9.34. The Morgan fingerprint density at radius 2 is 2.05 bits per heavy atom. The van der Waals surface area contributed by atoms with Crippen LogP contribution in [0.4, 0.5) is 0 Å². The van der Waals surface area contributed by atoms with Crippen molar-refractivity contribution in [3.8, 4) is 6.07 Å². The predicted molar refractivity (Wildman–Crippen MR) is 78.6 cm³/mol. The number of hydrogen-bond acceptors (Lipinski definition) is 2. The summed E-state index contributed by atoms with van der Waals surface area (Å²) in [7, 11) is 0. The van der Waals surface area contributed by atoms with Crippen LogP contribution in [-0.2, 0) is 4.79 Å². The molecule has 0 saturated heterocycles. The molecule has 1 aromatic carbocycles. The van der Waals surface area contributed by atoms with E-state index in [0.717, 1.165) is 41.6 Å². The van der Waals surface area contributed by atoms with Crippen LogP contribution in [0.5, 0.6) is 0 Å². The van der Waals surface area contributed by atoms with Gasteiger partial charge < -0.3 is 0 Å². The molecule has 0 aromatic heterocycles. The molecule has 0 amide bonds. The van der Waals surface area contributed by atoms with E-state index in [2.05, 4.69) is 28.9 Å². The van der Waals surface area contributed by atoms with Crippen molar-refractivity contribution in [1.29, 1.82) is 5.26 Å². The first-order valence-corrected chi connectivity index (χ1v) is 7.60. The molecule has 2 rings (SSSR count). The first-order valence-electron chi connectivity index (χ1n) is 6.80. The van der Waals surface area contributed by atoms with E-state index in [1.807, 2.05) is 24.3 Å². The minimum Gasteiger partial charge on any atom is -0.298 e. The Bertz CT molecular complexity index is 498. The highest BCUT2D eigenvalue weighted by atomic mass is 79.9. The molecule has 0 spiro atoms. The van der Waals surface area contributed by atoms with Gasteiger partial charge in [-0.3, -0.25) is 4.79 Å². The number of rotatable bonds is 3. The highest BCUT2D eigenvalue weighted by Crippen LogP contribution is 2.33. The van der Waals surface area contributed by atoms with Crippen molar-refractivity contribution in [3.63, 3.8) is 0 Å². The van der Waals surface area contributed by atoms with Crippen LogP contribution in [0.1, 0.15) is 44.1 Å². The number of nitrogens with zero attached hydrogens (tertiary/aromatic N) is 1. The summed E-state index contributed by atoms with van der Waals surface area (Å²) >= 11 is 3.39. The van der Waals surface area contributed by atoms with Crippen LogP contribution >= 0.6 is 15.9 Å². The number of halogens is 1. The van der Waals surface area contributed by atoms with Crippen molar-refractivity contribution >= 4 is 21.7 Å². The topological polar surface area (TPSA) is 40.9 Å². The molecule has 0 heterocycles. The fourth-order valence-electron chi connectivity index (χ4n) is 2.77.